The Balaban J connectivity index is 2.45. The summed E-state index contributed by atoms with van der Waals surface area (Å²) in [5, 5.41) is 8.81. The number of hydrogen-bond acceptors (Lipinski definition) is 3. The average molecular weight is 334 g/mol. The molecule has 25 heavy (non-hydrogen) atoms. The molecule has 0 unspecified atom stereocenters. The molecule has 128 valence electrons. The Labute approximate surface area is 148 Å². The van der Waals surface area contributed by atoms with Crippen LogP contribution in [0.15, 0.2) is 55.3 Å². The van der Waals surface area contributed by atoms with E-state index in [1.807, 2.05) is 28.9 Å². The lowest BCUT2D eigenvalue weighted by molar-refractivity contribution is -0.127. The van der Waals surface area contributed by atoms with Crippen molar-refractivity contribution in [1.82, 2.24) is 19.9 Å². The summed E-state index contributed by atoms with van der Waals surface area (Å²) in [5.41, 5.74) is 5.21. The standard InChI is InChI=1S/C20H22N4O/c1-6-16-18(7-2)23(14(5)25)12-15-10-8-9-11-17(15)19-20(16)24(13(3)4)22-21-19/h6-11,13H,1-2,12H2,3-5H3/b18-16-. The second kappa shape index (κ2) is 6.51. The van der Waals surface area contributed by atoms with Crippen molar-refractivity contribution in [3.8, 4) is 11.3 Å². The van der Waals surface area contributed by atoms with Gasteiger partial charge >= 0.3 is 0 Å². The van der Waals surface area contributed by atoms with Gasteiger partial charge in [-0.2, -0.15) is 0 Å². The van der Waals surface area contributed by atoms with E-state index in [4.69, 9.17) is 0 Å². The minimum absolute atomic E-state index is 0.0453. The maximum Gasteiger partial charge on any atom is 0.224 e. The fraction of sp³-hybridized carbons (Fsp3) is 0.250. The van der Waals surface area contributed by atoms with Crippen molar-refractivity contribution in [1.29, 1.82) is 0 Å². The van der Waals surface area contributed by atoms with Gasteiger partial charge in [-0.05, 0) is 25.5 Å². The molecule has 5 heteroatoms. The largest absolute Gasteiger partial charge is 0.308 e. The minimum Gasteiger partial charge on any atom is -0.308 e. The first-order chi connectivity index (χ1) is 12.0. The molecule has 0 fully saturated rings. The van der Waals surface area contributed by atoms with Gasteiger partial charge in [0.25, 0.3) is 0 Å². The highest BCUT2D eigenvalue weighted by atomic mass is 16.2. The van der Waals surface area contributed by atoms with Crippen LogP contribution in [0.2, 0.25) is 0 Å². The molecule has 1 amide bonds. The lowest BCUT2D eigenvalue weighted by Gasteiger charge is -2.28. The van der Waals surface area contributed by atoms with Gasteiger partial charge in [0.2, 0.25) is 5.91 Å². The number of fused-ring (bicyclic) bond motifs is 3. The number of aromatic nitrogens is 3. The third-order valence-electron chi connectivity index (χ3n) is 4.38. The summed E-state index contributed by atoms with van der Waals surface area (Å²) in [6.07, 6.45) is 3.45. The summed E-state index contributed by atoms with van der Waals surface area (Å²) in [6, 6.07) is 8.10. The van der Waals surface area contributed by atoms with E-state index in [1.165, 1.54) is 0 Å². The SMILES string of the molecule is C=C/C1=C(\C=C)N(C(C)=O)Cc2ccccc2-c2nnn(C(C)C)c21. The Hall–Kier alpha value is -2.95. The quantitative estimate of drug-likeness (QED) is 0.853. The van der Waals surface area contributed by atoms with Crippen molar-refractivity contribution < 1.29 is 4.79 Å². The molecule has 0 saturated carbocycles. The van der Waals surface area contributed by atoms with E-state index in [9.17, 15) is 4.79 Å². The molecule has 3 rings (SSSR count). The summed E-state index contributed by atoms with van der Waals surface area (Å²) >= 11 is 0. The van der Waals surface area contributed by atoms with Crippen molar-refractivity contribution in [2.75, 3.05) is 0 Å². The number of hydrogen-bond donors (Lipinski definition) is 0. The summed E-state index contributed by atoms with van der Waals surface area (Å²) in [7, 11) is 0. The van der Waals surface area contributed by atoms with Gasteiger partial charge in [0.05, 0.1) is 17.9 Å². The van der Waals surface area contributed by atoms with E-state index in [2.05, 4.69) is 37.3 Å². The highest BCUT2D eigenvalue weighted by Crippen LogP contribution is 2.37. The molecule has 0 spiro atoms. The van der Waals surface area contributed by atoms with Crippen LogP contribution in [0.3, 0.4) is 0 Å². The van der Waals surface area contributed by atoms with Gasteiger partial charge in [0, 0.05) is 24.1 Å². The lowest BCUT2D eigenvalue weighted by atomic mass is 9.95. The average Bonchev–Trinajstić information content (AvgIpc) is 3.00. The number of allylic oxidation sites excluding steroid dienone is 3. The van der Waals surface area contributed by atoms with Crippen molar-refractivity contribution in [3.05, 3.63) is 66.5 Å². The zero-order valence-electron chi connectivity index (χ0n) is 14.9. The normalized spacial score (nSPS) is 16.7. The molecule has 0 atom stereocenters. The van der Waals surface area contributed by atoms with Crippen LogP contribution in [-0.2, 0) is 11.3 Å². The van der Waals surface area contributed by atoms with Crippen LogP contribution in [-0.4, -0.2) is 25.8 Å². The molecular weight excluding hydrogens is 312 g/mol. The van der Waals surface area contributed by atoms with Gasteiger partial charge in [0.1, 0.15) is 5.69 Å². The lowest BCUT2D eigenvalue weighted by Crippen LogP contribution is -2.29. The topological polar surface area (TPSA) is 51.0 Å². The fourth-order valence-electron chi connectivity index (χ4n) is 3.20. The molecule has 0 aliphatic carbocycles. The third kappa shape index (κ3) is 2.71. The number of carbonyl (C=O) groups is 1. The van der Waals surface area contributed by atoms with Crippen LogP contribution in [0.5, 0.6) is 0 Å². The van der Waals surface area contributed by atoms with Crippen molar-refractivity contribution in [3.63, 3.8) is 0 Å². The van der Waals surface area contributed by atoms with Gasteiger partial charge < -0.3 is 4.90 Å². The molecule has 2 aromatic rings. The van der Waals surface area contributed by atoms with E-state index in [-0.39, 0.29) is 11.9 Å². The van der Waals surface area contributed by atoms with E-state index in [0.717, 1.165) is 33.8 Å². The van der Waals surface area contributed by atoms with Gasteiger partial charge in [-0.15, -0.1) is 5.10 Å². The van der Waals surface area contributed by atoms with Gasteiger partial charge in [-0.1, -0.05) is 48.7 Å². The highest BCUT2D eigenvalue weighted by Gasteiger charge is 2.28. The van der Waals surface area contributed by atoms with Gasteiger partial charge in [-0.25, -0.2) is 4.68 Å². The first kappa shape index (κ1) is 16.9. The van der Waals surface area contributed by atoms with Crippen LogP contribution >= 0.6 is 0 Å². The summed E-state index contributed by atoms with van der Waals surface area (Å²) in [5.74, 6) is -0.0453. The van der Waals surface area contributed by atoms with Crippen LogP contribution < -0.4 is 0 Å². The zero-order valence-corrected chi connectivity index (χ0v) is 14.9. The Morgan fingerprint density at radius 1 is 1.24 bits per heavy atom. The molecule has 1 aromatic carbocycles. The second-order valence-electron chi connectivity index (χ2n) is 6.29. The molecule has 0 bridgehead atoms. The summed E-state index contributed by atoms with van der Waals surface area (Å²) in [6.45, 7) is 14.0. The maximum absolute atomic E-state index is 12.3. The molecule has 1 aromatic heterocycles. The van der Waals surface area contributed by atoms with E-state index >= 15 is 0 Å². The molecule has 0 radical (unpaired) electrons. The van der Waals surface area contributed by atoms with Crippen LogP contribution in [0, 0.1) is 0 Å². The number of nitrogens with zero attached hydrogens (tertiary/aromatic N) is 4. The van der Waals surface area contributed by atoms with E-state index in [0.29, 0.717) is 6.54 Å². The smallest absolute Gasteiger partial charge is 0.224 e. The monoisotopic (exact) mass is 334 g/mol. The first-order valence-corrected chi connectivity index (χ1v) is 8.30. The Kier molecular flexibility index (Phi) is 4.40. The molecule has 5 nitrogen and oxygen atoms in total. The molecule has 1 aliphatic rings. The molecular formula is C20H22N4O. The third-order valence-corrected chi connectivity index (χ3v) is 4.38. The second-order valence-corrected chi connectivity index (χ2v) is 6.29. The molecule has 0 N–H and O–H groups in total. The Morgan fingerprint density at radius 2 is 1.96 bits per heavy atom. The Bertz CT molecular complexity index is 889. The Morgan fingerprint density at radius 3 is 2.56 bits per heavy atom. The van der Waals surface area contributed by atoms with Gasteiger partial charge in [-0.3, -0.25) is 4.79 Å². The molecule has 0 saturated heterocycles. The number of amides is 1. The predicted octanol–water partition coefficient (Wildman–Crippen LogP) is 3.97. The van der Waals surface area contributed by atoms with Gasteiger partial charge in [0.15, 0.2) is 0 Å². The number of rotatable bonds is 3. The van der Waals surface area contributed by atoms with Crippen LogP contribution in [0.25, 0.3) is 16.8 Å². The fourth-order valence-corrected chi connectivity index (χ4v) is 3.20. The molecule has 1 aliphatic heterocycles. The number of benzene rings is 1. The minimum atomic E-state index is -0.0453. The molecule has 2 heterocycles. The van der Waals surface area contributed by atoms with Crippen molar-refractivity contribution in [2.45, 2.75) is 33.4 Å². The maximum atomic E-state index is 12.3. The highest BCUT2D eigenvalue weighted by molar-refractivity contribution is 5.89. The van der Waals surface area contributed by atoms with Crippen molar-refractivity contribution in [2.24, 2.45) is 0 Å². The summed E-state index contributed by atoms with van der Waals surface area (Å²) in [4.78, 5) is 14.1. The summed E-state index contributed by atoms with van der Waals surface area (Å²) < 4.78 is 1.87. The predicted molar refractivity (Wildman–Crippen MR) is 99.4 cm³/mol. The zero-order chi connectivity index (χ0) is 18.1. The first-order valence-electron chi connectivity index (χ1n) is 8.30. The van der Waals surface area contributed by atoms with Crippen LogP contribution in [0.4, 0.5) is 0 Å². The van der Waals surface area contributed by atoms with E-state index in [1.54, 1.807) is 24.0 Å². The van der Waals surface area contributed by atoms with E-state index < -0.39 is 0 Å². The number of carbonyl (C=O) groups excluding carboxylic acids is 1. The van der Waals surface area contributed by atoms with Crippen molar-refractivity contribution >= 4 is 11.5 Å². The van der Waals surface area contributed by atoms with Crippen LogP contribution in [0.1, 0.15) is 38.1 Å².